The summed E-state index contributed by atoms with van der Waals surface area (Å²) in [5.74, 6) is 0.900. The van der Waals surface area contributed by atoms with Crippen molar-refractivity contribution in [3.63, 3.8) is 0 Å². The van der Waals surface area contributed by atoms with Crippen molar-refractivity contribution < 1.29 is 4.79 Å². The summed E-state index contributed by atoms with van der Waals surface area (Å²) in [5, 5.41) is 0. The fraction of sp³-hybridized carbons (Fsp3) is 0.333. The van der Waals surface area contributed by atoms with E-state index in [0.717, 1.165) is 11.4 Å². The number of rotatable bonds is 2. The molecule has 0 radical (unpaired) electrons. The van der Waals surface area contributed by atoms with Gasteiger partial charge in [-0.1, -0.05) is 30.3 Å². The van der Waals surface area contributed by atoms with Crippen LogP contribution in [0.5, 0.6) is 0 Å². The van der Waals surface area contributed by atoms with Gasteiger partial charge in [-0.05, 0) is 12.5 Å². The maximum absolute atomic E-state index is 11.7. The second kappa shape index (κ2) is 3.85. The number of nitrogens with zero attached hydrogens (tertiary/aromatic N) is 2. The van der Waals surface area contributed by atoms with Crippen molar-refractivity contribution in [1.82, 2.24) is 4.90 Å². The topological polar surface area (TPSA) is 32.7 Å². The molecular formula is C12H14N2O. The first kappa shape index (κ1) is 9.90. The van der Waals surface area contributed by atoms with Crippen molar-refractivity contribution in [1.29, 1.82) is 0 Å². The Bertz CT molecular complexity index is 397. The van der Waals surface area contributed by atoms with Gasteiger partial charge in [0.1, 0.15) is 11.9 Å². The van der Waals surface area contributed by atoms with Gasteiger partial charge in [0.25, 0.3) is 5.91 Å². The number of hydrogen-bond acceptors (Lipinski definition) is 2. The van der Waals surface area contributed by atoms with Crippen LogP contribution < -0.4 is 0 Å². The van der Waals surface area contributed by atoms with Crippen LogP contribution in [0.25, 0.3) is 0 Å². The molecule has 1 aromatic carbocycles. The molecule has 1 atom stereocenters. The summed E-state index contributed by atoms with van der Waals surface area (Å²) < 4.78 is 0. The monoisotopic (exact) mass is 202 g/mol. The molecule has 0 aliphatic carbocycles. The van der Waals surface area contributed by atoms with E-state index in [-0.39, 0.29) is 11.9 Å². The molecule has 0 saturated heterocycles. The molecule has 2 rings (SSSR count). The summed E-state index contributed by atoms with van der Waals surface area (Å²) in [6.45, 7) is 1.86. The average molecular weight is 202 g/mol. The maximum atomic E-state index is 11.7. The largest absolute Gasteiger partial charge is 0.302 e. The van der Waals surface area contributed by atoms with Crippen LogP contribution in [0.15, 0.2) is 35.3 Å². The Kier molecular flexibility index (Phi) is 2.54. The molecule has 1 aliphatic rings. The predicted octanol–water partition coefficient (Wildman–Crippen LogP) is 1.49. The minimum Gasteiger partial charge on any atom is -0.302 e. The lowest BCUT2D eigenvalue weighted by Crippen LogP contribution is -2.31. The number of carbonyl (C=O) groups is 1. The molecule has 3 heteroatoms. The number of hydrogen-bond donors (Lipinski definition) is 0. The summed E-state index contributed by atoms with van der Waals surface area (Å²) in [6.07, 6.45) is 0.696. The van der Waals surface area contributed by atoms with Gasteiger partial charge in [0, 0.05) is 13.5 Å². The normalized spacial score (nSPS) is 20.7. The number of aliphatic imine (C=N–C) groups is 1. The van der Waals surface area contributed by atoms with Gasteiger partial charge in [0.2, 0.25) is 0 Å². The van der Waals surface area contributed by atoms with Crippen LogP contribution in [0, 0.1) is 0 Å². The summed E-state index contributed by atoms with van der Waals surface area (Å²) in [5.41, 5.74) is 1.16. The van der Waals surface area contributed by atoms with Crippen LogP contribution in [-0.4, -0.2) is 29.7 Å². The van der Waals surface area contributed by atoms with E-state index >= 15 is 0 Å². The third-order valence-corrected chi connectivity index (χ3v) is 2.72. The molecule has 0 saturated carbocycles. The highest BCUT2D eigenvalue weighted by molar-refractivity contribution is 6.04. The smallest absolute Gasteiger partial charge is 0.252 e. The van der Waals surface area contributed by atoms with Crippen molar-refractivity contribution in [2.45, 2.75) is 19.4 Å². The molecule has 0 bridgehead atoms. The molecule has 1 unspecified atom stereocenters. The molecular weight excluding hydrogens is 188 g/mol. The van der Waals surface area contributed by atoms with Crippen LogP contribution in [0.1, 0.15) is 12.5 Å². The second-order valence-electron chi connectivity index (χ2n) is 3.78. The molecule has 3 nitrogen and oxygen atoms in total. The Labute approximate surface area is 89.4 Å². The lowest BCUT2D eigenvalue weighted by atomic mass is 10.1. The zero-order chi connectivity index (χ0) is 10.8. The molecule has 1 aliphatic heterocycles. The Morgan fingerprint density at radius 2 is 2.00 bits per heavy atom. The zero-order valence-electron chi connectivity index (χ0n) is 8.97. The minimum atomic E-state index is -0.225. The zero-order valence-corrected chi connectivity index (χ0v) is 8.97. The Balaban J connectivity index is 2.12. The Morgan fingerprint density at radius 3 is 2.53 bits per heavy atom. The summed E-state index contributed by atoms with van der Waals surface area (Å²) in [7, 11) is 1.77. The van der Waals surface area contributed by atoms with Crippen molar-refractivity contribution in [2.24, 2.45) is 4.99 Å². The van der Waals surface area contributed by atoms with Crippen LogP contribution in [0.2, 0.25) is 0 Å². The molecule has 15 heavy (non-hydrogen) atoms. The molecule has 1 amide bonds. The molecule has 0 N–H and O–H groups in total. The lowest BCUT2D eigenvalue weighted by Gasteiger charge is -2.10. The number of benzene rings is 1. The van der Waals surface area contributed by atoms with Crippen molar-refractivity contribution in [3.05, 3.63) is 35.9 Å². The van der Waals surface area contributed by atoms with Gasteiger partial charge in [0.15, 0.2) is 0 Å². The maximum Gasteiger partial charge on any atom is 0.252 e. The second-order valence-corrected chi connectivity index (χ2v) is 3.78. The van der Waals surface area contributed by atoms with E-state index in [0.29, 0.717) is 6.42 Å². The average Bonchev–Trinajstić information content (AvgIpc) is 2.48. The number of carbonyl (C=O) groups excluding carboxylic acids is 1. The van der Waals surface area contributed by atoms with Crippen LogP contribution in [0.4, 0.5) is 0 Å². The van der Waals surface area contributed by atoms with Crippen LogP contribution in [-0.2, 0) is 11.2 Å². The first-order valence-corrected chi connectivity index (χ1v) is 5.04. The van der Waals surface area contributed by atoms with Crippen LogP contribution in [0.3, 0.4) is 0 Å². The van der Waals surface area contributed by atoms with Gasteiger partial charge < -0.3 is 4.90 Å². The summed E-state index contributed by atoms with van der Waals surface area (Å²) in [6, 6.07) is 9.76. The number of likely N-dealkylation sites (N-methyl/N-ethyl adjacent to an activating group) is 1. The molecule has 1 heterocycles. The van der Waals surface area contributed by atoms with Gasteiger partial charge in [-0.25, -0.2) is 0 Å². The Morgan fingerprint density at radius 1 is 1.33 bits per heavy atom. The third-order valence-electron chi connectivity index (χ3n) is 2.72. The van der Waals surface area contributed by atoms with Crippen molar-refractivity contribution in [3.8, 4) is 0 Å². The van der Waals surface area contributed by atoms with Crippen molar-refractivity contribution >= 4 is 11.7 Å². The molecule has 0 spiro atoms. The van der Waals surface area contributed by atoms with E-state index in [1.807, 2.05) is 37.3 Å². The lowest BCUT2D eigenvalue weighted by molar-refractivity contribution is -0.126. The van der Waals surface area contributed by atoms with E-state index in [4.69, 9.17) is 0 Å². The molecule has 1 aromatic rings. The third kappa shape index (κ3) is 1.91. The van der Waals surface area contributed by atoms with Gasteiger partial charge >= 0.3 is 0 Å². The quantitative estimate of drug-likeness (QED) is 0.715. The van der Waals surface area contributed by atoms with E-state index in [1.54, 1.807) is 11.9 Å². The minimum absolute atomic E-state index is 0.0938. The van der Waals surface area contributed by atoms with E-state index in [1.165, 1.54) is 0 Å². The van der Waals surface area contributed by atoms with Crippen LogP contribution >= 0.6 is 0 Å². The van der Waals surface area contributed by atoms with Gasteiger partial charge in [-0.15, -0.1) is 0 Å². The highest BCUT2D eigenvalue weighted by Gasteiger charge is 2.29. The standard InChI is InChI=1S/C12H14N2O/c1-9-13-11(12(15)14(9)2)8-10-6-4-3-5-7-10/h3-7,11H,8H2,1-2H3. The Hall–Kier alpha value is -1.64. The van der Waals surface area contributed by atoms with Gasteiger partial charge in [-0.3, -0.25) is 9.79 Å². The first-order chi connectivity index (χ1) is 7.18. The fourth-order valence-corrected chi connectivity index (χ4v) is 1.72. The molecule has 0 fully saturated rings. The van der Waals surface area contributed by atoms with E-state index < -0.39 is 0 Å². The van der Waals surface area contributed by atoms with E-state index in [9.17, 15) is 4.79 Å². The van der Waals surface area contributed by atoms with E-state index in [2.05, 4.69) is 4.99 Å². The summed E-state index contributed by atoms with van der Waals surface area (Å²) in [4.78, 5) is 17.7. The SMILES string of the molecule is CC1=NC(Cc2ccccc2)C(=O)N1C. The van der Waals surface area contributed by atoms with Gasteiger partial charge in [-0.2, -0.15) is 0 Å². The molecule has 78 valence electrons. The van der Waals surface area contributed by atoms with Gasteiger partial charge in [0.05, 0.1) is 0 Å². The molecule has 0 aromatic heterocycles. The first-order valence-electron chi connectivity index (χ1n) is 5.04. The highest BCUT2D eigenvalue weighted by Crippen LogP contribution is 2.14. The number of amidine groups is 1. The number of amides is 1. The summed E-state index contributed by atoms with van der Waals surface area (Å²) >= 11 is 0. The predicted molar refractivity (Wildman–Crippen MR) is 59.8 cm³/mol. The van der Waals surface area contributed by atoms with Crippen molar-refractivity contribution in [2.75, 3.05) is 7.05 Å². The fourth-order valence-electron chi connectivity index (χ4n) is 1.72. The highest BCUT2D eigenvalue weighted by atomic mass is 16.2.